The first-order valence-electron chi connectivity index (χ1n) is 34.3. The van der Waals surface area contributed by atoms with Gasteiger partial charge in [-0.2, -0.15) is 0 Å². The number of allylic oxidation sites excluding steroid dienone is 24. The van der Waals surface area contributed by atoms with Gasteiger partial charge in [-0.05, 0) is 141 Å². The van der Waals surface area contributed by atoms with E-state index < -0.39 is 6.10 Å². The largest absolute Gasteiger partial charge is 0.462 e. The number of esters is 3. The first-order valence-corrected chi connectivity index (χ1v) is 34.3. The summed E-state index contributed by atoms with van der Waals surface area (Å²) < 4.78 is 16.9. The van der Waals surface area contributed by atoms with Crippen molar-refractivity contribution in [2.75, 3.05) is 13.2 Å². The average Bonchev–Trinajstić information content (AvgIpc) is 3.49. The van der Waals surface area contributed by atoms with Crippen LogP contribution in [0.25, 0.3) is 0 Å². The molecule has 0 aliphatic heterocycles. The number of rotatable bonds is 61. The van der Waals surface area contributed by atoms with Gasteiger partial charge in [0, 0.05) is 19.3 Å². The molecule has 0 N–H and O–H groups in total. The van der Waals surface area contributed by atoms with E-state index in [-0.39, 0.29) is 31.1 Å². The van der Waals surface area contributed by atoms with Gasteiger partial charge in [-0.3, -0.25) is 14.4 Å². The van der Waals surface area contributed by atoms with Crippen molar-refractivity contribution in [1.82, 2.24) is 0 Å². The van der Waals surface area contributed by atoms with Crippen molar-refractivity contribution in [2.45, 2.75) is 309 Å². The highest BCUT2D eigenvalue weighted by Gasteiger charge is 2.19. The highest BCUT2D eigenvalue weighted by atomic mass is 16.6. The van der Waals surface area contributed by atoms with E-state index in [0.717, 1.165) is 148 Å². The Bertz CT molecular complexity index is 1800. The van der Waals surface area contributed by atoms with E-state index in [1.165, 1.54) is 116 Å². The summed E-state index contributed by atoms with van der Waals surface area (Å²) in [5.41, 5.74) is 0. The first-order chi connectivity index (χ1) is 41.0. The van der Waals surface area contributed by atoms with Gasteiger partial charge in [-0.25, -0.2) is 0 Å². The van der Waals surface area contributed by atoms with Gasteiger partial charge in [0.15, 0.2) is 6.10 Å². The van der Waals surface area contributed by atoms with Gasteiger partial charge >= 0.3 is 17.9 Å². The van der Waals surface area contributed by atoms with E-state index >= 15 is 0 Å². The first kappa shape index (κ1) is 78.3. The summed E-state index contributed by atoms with van der Waals surface area (Å²) in [6, 6.07) is 0. The van der Waals surface area contributed by atoms with Crippen molar-refractivity contribution in [3.05, 3.63) is 146 Å². The molecule has 0 aromatic carbocycles. The van der Waals surface area contributed by atoms with Gasteiger partial charge < -0.3 is 14.2 Å². The Morgan fingerprint density at radius 1 is 0.253 bits per heavy atom. The summed E-state index contributed by atoms with van der Waals surface area (Å²) in [5, 5.41) is 0. The third-order valence-corrected chi connectivity index (χ3v) is 14.3. The summed E-state index contributed by atoms with van der Waals surface area (Å²) in [6.45, 7) is 6.38. The topological polar surface area (TPSA) is 78.9 Å². The number of carbonyl (C=O) groups is 3. The molecule has 0 rings (SSSR count). The Kier molecular flexibility index (Phi) is 65.8. The van der Waals surface area contributed by atoms with Crippen molar-refractivity contribution in [1.29, 1.82) is 0 Å². The number of ether oxygens (including phenoxy) is 3. The van der Waals surface area contributed by atoms with Crippen LogP contribution in [-0.4, -0.2) is 37.2 Å². The molecule has 0 saturated heterocycles. The lowest BCUT2D eigenvalue weighted by molar-refractivity contribution is -0.167. The Morgan fingerprint density at radius 2 is 0.470 bits per heavy atom. The highest BCUT2D eigenvalue weighted by Crippen LogP contribution is 2.16. The molecule has 0 aliphatic carbocycles. The zero-order valence-electron chi connectivity index (χ0n) is 53.9. The van der Waals surface area contributed by atoms with E-state index in [0.29, 0.717) is 19.3 Å². The van der Waals surface area contributed by atoms with Crippen LogP contribution in [0.5, 0.6) is 0 Å². The Labute approximate surface area is 512 Å². The predicted octanol–water partition coefficient (Wildman–Crippen LogP) is 23.9. The standard InChI is InChI=1S/C77H126O6/c1-4-7-10-13-16-19-22-25-28-31-34-36-38-40-43-46-49-52-55-58-61-64-67-70-76(79)82-73-74(72-81-75(78)69-66-63-60-57-54-51-48-45-42-33-30-27-24-21-18-15-12-9-6-3)83-77(80)71-68-65-62-59-56-53-50-47-44-41-39-37-35-32-29-26-23-20-17-14-11-8-5-2/h7,9-10,12,16,18-19,21,25,27-28,30,32,34-36,40,42-43,45,49,51-52,54,74H,4-6,8,11,13-15,17,20,22-24,26,29,31,33,37-39,41,44,46-48,50,53,55-73H2,1-3H3/b10-7-,12-9-,19-16-,21-18-,28-25-,30-27-,35-32-,36-34-,43-40-,45-42-,52-49-,54-51-. The average molecular weight is 1150 g/mol. The van der Waals surface area contributed by atoms with Gasteiger partial charge in [-0.15, -0.1) is 0 Å². The molecule has 0 aromatic rings. The molecule has 83 heavy (non-hydrogen) atoms. The van der Waals surface area contributed by atoms with Crippen LogP contribution in [-0.2, 0) is 28.6 Å². The molecule has 0 radical (unpaired) electrons. The molecule has 1 unspecified atom stereocenters. The molecule has 0 spiro atoms. The van der Waals surface area contributed by atoms with Crippen molar-refractivity contribution >= 4 is 17.9 Å². The minimum absolute atomic E-state index is 0.107. The highest BCUT2D eigenvalue weighted by molar-refractivity contribution is 5.71. The normalized spacial score (nSPS) is 13.0. The van der Waals surface area contributed by atoms with Crippen LogP contribution in [0.15, 0.2) is 146 Å². The fraction of sp³-hybridized carbons (Fsp3) is 0.649. The zero-order valence-corrected chi connectivity index (χ0v) is 53.9. The molecule has 470 valence electrons. The number of carbonyl (C=O) groups excluding carboxylic acids is 3. The van der Waals surface area contributed by atoms with E-state index in [1.807, 2.05) is 0 Å². The monoisotopic (exact) mass is 1150 g/mol. The molecule has 6 heteroatoms. The summed E-state index contributed by atoms with van der Waals surface area (Å²) in [4.78, 5) is 38.5. The van der Waals surface area contributed by atoms with Gasteiger partial charge in [0.2, 0.25) is 0 Å². The molecule has 0 fully saturated rings. The van der Waals surface area contributed by atoms with Crippen molar-refractivity contribution in [3.8, 4) is 0 Å². The number of hydrogen-bond donors (Lipinski definition) is 0. The Balaban J connectivity index is 4.50. The summed E-state index contributed by atoms with van der Waals surface area (Å²) >= 11 is 0. The minimum atomic E-state index is -0.812. The van der Waals surface area contributed by atoms with Crippen molar-refractivity contribution < 1.29 is 28.6 Å². The third kappa shape index (κ3) is 68.0. The molecule has 0 saturated carbocycles. The maximum Gasteiger partial charge on any atom is 0.306 e. The molecule has 0 aliphatic rings. The smallest absolute Gasteiger partial charge is 0.306 e. The van der Waals surface area contributed by atoms with Crippen LogP contribution in [0, 0.1) is 0 Å². The number of unbranched alkanes of at least 4 members (excludes halogenated alkanes) is 26. The summed E-state index contributed by atoms with van der Waals surface area (Å²) in [6.07, 6.45) is 100. The minimum Gasteiger partial charge on any atom is -0.462 e. The van der Waals surface area contributed by atoms with Crippen LogP contribution in [0.4, 0.5) is 0 Å². The zero-order chi connectivity index (χ0) is 59.9. The second-order valence-corrected chi connectivity index (χ2v) is 22.3. The van der Waals surface area contributed by atoms with Gasteiger partial charge in [0.05, 0.1) is 0 Å². The van der Waals surface area contributed by atoms with E-state index in [1.54, 1.807) is 0 Å². The molecule has 0 amide bonds. The van der Waals surface area contributed by atoms with Crippen LogP contribution < -0.4 is 0 Å². The third-order valence-electron chi connectivity index (χ3n) is 14.3. The van der Waals surface area contributed by atoms with Gasteiger partial charge in [-0.1, -0.05) is 289 Å². The molecule has 0 aromatic heterocycles. The Hall–Kier alpha value is -4.71. The second kappa shape index (κ2) is 69.8. The number of hydrogen-bond acceptors (Lipinski definition) is 6. The molecule has 0 bridgehead atoms. The fourth-order valence-corrected chi connectivity index (χ4v) is 9.23. The Morgan fingerprint density at radius 3 is 0.759 bits per heavy atom. The van der Waals surface area contributed by atoms with E-state index in [4.69, 9.17) is 14.2 Å². The van der Waals surface area contributed by atoms with Crippen molar-refractivity contribution in [2.24, 2.45) is 0 Å². The quantitative estimate of drug-likeness (QED) is 0.0261. The SMILES string of the molecule is CC/C=C\C/C=C\C/C=C\C/C=C\C/C=C\C/C=C\CCCCCCC(=O)OCC(COC(=O)CCCCC/C=C\C/C=C\C/C=C\C/C=C\C/C=C\CC)OC(=O)CCCCCCCCCCCCC/C=C\CCCCCCCCCC. The lowest BCUT2D eigenvalue weighted by Crippen LogP contribution is -2.30. The second-order valence-electron chi connectivity index (χ2n) is 22.3. The van der Waals surface area contributed by atoms with Crippen LogP contribution in [0.2, 0.25) is 0 Å². The molecular weight excluding hydrogens is 1020 g/mol. The van der Waals surface area contributed by atoms with Gasteiger partial charge in [0.25, 0.3) is 0 Å². The summed E-state index contributed by atoms with van der Waals surface area (Å²) in [5.74, 6) is -0.958. The maximum atomic E-state index is 13.0. The van der Waals surface area contributed by atoms with Gasteiger partial charge in [0.1, 0.15) is 13.2 Å². The lowest BCUT2D eigenvalue weighted by Gasteiger charge is -2.18. The lowest BCUT2D eigenvalue weighted by atomic mass is 10.0. The molecular formula is C77H126O6. The predicted molar refractivity (Wildman–Crippen MR) is 362 cm³/mol. The fourth-order valence-electron chi connectivity index (χ4n) is 9.23. The van der Waals surface area contributed by atoms with Crippen LogP contribution in [0.3, 0.4) is 0 Å². The van der Waals surface area contributed by atoms with E-state index in [9.17, 15) is 14.4 Å². The van der Waals surface area contributed by atoms with Crippen LogP contribution >= 0.6 is 0 Å². The molecule has 6 nitrogen and oxygen atoms in total. The van der Waals surface area contributed by atoms with Crippen LogP contribution in [0.1, 0.15) is 303 Å². The maximum absolute atomic E-state index is 13.0. The molecule has 1 atom stereocenters. The van der Waals surface area contributed by atoms with E-state index in [2.05, 4.69) is 167 Å². The van der Waals surface area contributed by atoms with Crippen molar-refractivity contribution in [3.63, 3.8) is 0 Å². The molecule has 0 heterocycles. The summed E-state index contributed by atoms with van der Waals surface area (Å²) in [7, 11) is 0.